The molecule has 4 rings (SSSR count). The molecule has 0 saturated heterocycles. The van der Waals surface area contributed by atoms with Gasteiger partial charge in [0, 0.05) is 5.52 Å². The molecular formula is C23H21NO3. The third-order valence-electron chi connectivity index (χ3n) is 4.89. The Morgan fingerprint density at radius 3 is 1.89 bits per heavy atom. The van der Waals surface area contributed by atoms with E-state index in [1.54, 1.807) is 14.2 Å². The molecule has 0 aliphatic carbocycles. The number of fused-ring (bicyclic) bond motifs is 1. The molecule has 136 valence electrons. The van der Waals surface area contributed by atoms with Gasteiger partial charge in [0.1, 0.15) is 11.5 Å². The SMILES string of the molecule is COc1cccc(C(O)(c2cccc(OC)c2)c2cc3ccccc3[nH]2)c1. The van der Waals surface area contributed by atoms with E-state index in [0.717, 1.165) is 10.9 Å². The second kappa shape index (κ2) is 6.82. The summed E-state index contributed by atoms with van der Waals surface area (Å²) in [7, 11) is 3.24. The van der Waals surface area contributed by atoms with Crippen LogP contribution >= 0.6 is 0 Å². The van der Waals surface area contributed by atoms with Crippen molar-refractivity contribution in [3.8, 4) is 11.5 Å². The molecule has 0 atom stereocenters. The van der Waals surface area contributed by atoms with Crippen molar-refractivity contribution in [3.63, 3.8) is 0 Å². The smallest absolute Gasteiger partial charge is 0.155 e. The Hall–Kier alpha value is -3.24. The van der Waals surface area contributed by atoms with E-state index in [0.29, 0.717) is 28.3 Å². The Morgan fingerprint density at radius 1 is 0.741 bits per heavy atom. The first-order chi connectivity index (χ1) is 13.1. The second-order valence-corrected chi connectivity index (χ2v) is 6.44. The minimum Gasteiger partial charge on any atom is -0.497 e. The normalized spacial score (nSPS) is 11.5. The Labute approximate surface area is 158 Å². The third-order valence-corrected chi connectivity index (χ3v) is 4.89. The average Bonchev–Trinajstić information content (AvgIpc) is 3.18. The number of H-pyrrole nitrogens is 1. The fourth-order valence-corrected chi connectivity index (χ4v) is 3.44. The van der Waals surface area contributed by atoms with Crippen LogP contribution in [-0.4, -0.2) is 24.3 Å². The summed E-state index contributed by atoms with van der Waals surface area (Å²) < 4.78 is 10.8. The lowest BCUT2D eigenvalue weighted by Gasteiger charge is -2.29. The first-order valence-electron chi connectivity index (χ1n) is 8.75. The van der Waals surface area contributed by atoms with Gasteiger partial charge in [0.15, 0.2) is 5.60 Å². The van der Waals surface area contributed by atoms with Gasteiger partial charge in [-0.15, -0.1) is 0 Å². The fraction of sp³-hybridized carbons (Fsp3) is 0.130. The summed E-state index contributed by atoms with van der Waals surface area (Å²) in [4.78, 5) is 3.38. The highest BCUT2D eigenvalue weighted by atomic mass is 16.5. The van der Waals surface area contributed by atoms with E-state index >= 15 is 0 Å². The first-order valence-corrected chi connectivity index (χ1v) is 8.75. The molecule has 0 bridgehead atoms. The van der Waals surface area contributed by atoms with E-state index in [-0.39, 0.29) is 0 Å². The standard InChI is InChI=1S/C23H21NO3/c1-26-19-10-5-8-17(14-19)23(25,18-9-6-11-20(15-18)27-2)22-13-16-7-3-4-12-21(16)24-22/h3-15,24-25H,1-2H3. The molecule has 4 aromatic rings. The number of hydrogen-bond acceptors (Lipinski definition) is 3. The molecule has 0 aliphatic heterocycles. The average molecular weight is 359 g/mol. The Morgan fingerprint density at radius 2 is 1.33 bits per heavy atom. The van der Waals surface area contributed by atoms with Crippen LogP contribution in [0.15, 0.2) is 78.9 Å². The highest BCUT2D eigenvalue weighted by molar-refractivity contribution is 5.81. The maximum absolute atomic E-state index is 12.0. The molecule has 4 heteroatoms. The monoisotopic (exact) mass is 359 g/mol. The summed E-state index contributed by atoms with van der Waals surface area (Å²) in [6.45, 7) is 0. The molecular weight excluding hydrogens is 338 g/mol. The van der Waals surface area contributed by atoms with Gasteiger partial charge >= 0.3 is 0 Å². The van der Waals surface area contributed by atoms with Crippen molar-refractivity contribution >= 4 is 10.9 Å². The molecule has 0 amide bonds. The van der Waals surface area contributed by atoms with Crippen molar-refractivity contribution in [2.24, 2.45) is 0 Å². The lowest BCUT2D eigenvalue weighted by Crippen LogP contribution is -2.29. The number of aromatic nitrogens is 1. The molecule has 0 fully saturated rings. The van der Waals surface area contributed by atoms with Crippen LogP contribution in [0.5, 0.6) is 11.5 Å². The molecule has 1 heterocycles. The van der Waals surface area contributed by atoms with Gasteiger partial charge in [-0.05, 0) is 52.9 Å². The van der Waals surface area contributed by atoms with E-state index in [1.165, 1.54) is 0 Å². The van der Waals surface area contributed by atoms with E-state index < -0.39 is 5.60 Å². The molecule has 27 heavy (non-hydrogen) atoms. The minimum absolute atomic E-state index is 0.685. The molecule has 0 spiro atoms. The number of ether oxygens (including phenoxy) is 2. The van der Waals surface area contributed by atoms with Crippen LogP contribution in [0.2, 0.25) is 0 Å². The van der Waals surface area contributed by atoms with Gasteiger partial charge in [0.25, 0.3) is 0 Å². The predicted molar refractivity (Wildman–Crippen MR) is 106 cm³/mol. The van der Waals surface area contributed by atoms with Crippen LogP contribution in [0, 0.1) is 0 Å². The summed E-state index contributed by atoms with van der Waals surface area (Å²) in [6.07, 6.45) is 0. The zero-order valence-electron chi connectivity index (χ0n) is 15.3. The minimum atomic E-state index is -1.39. The molecule has 3 aromatic carbocycles. The van der Waals surface area contributed by atoms with Crippen molar-refractivity contribution in [2.45, 2.75) is 5.60 Å². The van der Waals surface area contributed by atoms with Crippen LogP contribution in [-0.2, 0) is 5.60 Å². The van der Waals surface area contributed by atoms with Crippen LogP contribution < -0.4 is 9.47 Å². The van der Waals surface area contributed by atoms with Gasteiger partial charge in [-0.2, -0.15) is 0 Å². The maximum Gasteiger partial charge on any atom is 0.155 e. The number of rotatable bonds is 5. The Kier molecular flexibility index (Phi) is 4.34. The number of nitrogens with one attached hydrogen (secondary N) is 1. The molecule has 2 N–H and O–H groups in total. The van der Waals surface area contributed by atoms with Crippen LogP contribution in [0.25, 0.3) is 10.9 Å². The van der Waals surface area contributed by atoms with Crippen molar-refractivity contribution in [1.29, 1.82) is 0 Å². The number of hydrogen-bond donors (Lipinski definition) is 2. The number of benzene rings is 3. The lowest BCUT2D eigenvalue weighted by atomic mass is 9.83. The Balaban J connectivity index is 1.98. The quantitative estimate of drug-likeness (QED) is 0.553. The topological polar surface area (TPSA) is 54.5 Å². The van der Waals surface area contributed by atoms with Crippen molar-refractivity contribution in [2.75, 3.05) is 14.2 Å². The fourth-order valence-electron chi connectivity index (χ4n) is 3.44. The van der Waals surface area contributed by atoms with Crippen LogP contribution in [0.4, 0.5) is 0 Å². The van der Waals surface area contributed by atoms with Gasteiger partial charge in [0.05, 0.1) is 19.9 Å². The molecule has 1 aromatic heterocycles. The van der Waals surface area contributed by atoms with Gasteiger partial charge in [0.2, 0.25) is 0 Å². The third kappa shape index (κ3) is 2.94. The molecule has 0 radical (unpaired) electrons. The first kappa shape index (κ1) is 17.2. The van der Waals surface area contributed by atoms with Gasteiger partial charge in [-0.1, -0.05) is 42.5 Å². The van der Waals surface area contributed by atoms with E-state index in [1.807, 2.05) is 78.9 Å². The Bertz CT molecular complexity index is 1000. The van der Waals surface area contributed by atoms with E-state index in [9.17, 15) is 5.11 Å². The summed E-state index contributed by atoms with van der Waals surface area (Å²) in [5, 5.41) is 13.1. The zero-order chi connectivity index (χ0) is 18.9. The van der Waals surface area contributed by atoms with E-state index in [2.05, 4.69) is 4.98 Å². The highest BCUT2D eigenvalue weighted by Gasteiger charge is 2.36. The maximum atomic E-state index is 12.0. The summed E-state index contributed by atoms with van der Waals surface area (Å²) in [5.41, 5.74) is 1.69. The van der Waals surface area contributed by atoms with Crippen molar-refractivity contribution < 1.29 is 14.6 Å². The molecule has 4 nitrogen and oxygen atoms in total. The molecule has 0 aliphatic rings. The summed E-state index contributed by atoms with van der Waals surface area (Å²) in [6, 6.07) is 24.9. The number of aliphatic hydroxyl groups is 1. The lowest BCUT2D eigenvalue weighted by molar-refractivity contribution is 0.121. The van der Waals surface area contributed by atoms with Gasteiger partial charge < -0.3 is 19.6 Å². The van der Waals surface area contributed by atoms with Gasteiger partial charge in [-0.3, -0.25) is 0 Å². The van der Waals surface area contributed by atoms with E-state index in [4.69, 9.17) is 9.47 Å². The van der Waals surface area contributed by atoms with Crippen molar-refractivity contribution in [1.82, 2.24) is 4.98 Å². The second-order valence-electron chi connectivity index (χ2n) is 6.44. The number of para-hydroxylation sites is 1. The van der Waals surface area contributed by atoms with Crippen LogP contribution in [0.3, 0.4) is 0 Å². The zero-order valence-corrected chi connectivity index (χ0v) is 15.3. The summed E-state index contributed by atoms with van der Waals surface area (Å²) >= 11 is 0. The number of methoxy groups -OCH3 is 2. The largest absolute Gasteiger partial charge is 0.497 e. The van der Waals surface area contributed by atoms with Gasteiger partial charge in [-0.25, -0.2) is 0 Å². The van der Waals surface area contributed by atoms with Crippen molar-refractivity contribution in [3.05, 3.63) is 95.7 Å². The summed E-state index contributed by atoms with van der Waals surface area (Å²) in [5.74, 6) is 1.37. The number of aromatic amines is 1. The molecule has 0 saturated carbocycles. The predicted octanol–water partition coefficient (Wildman–Crippen LogP) is 4.47. The molecule has 0 unspecified atom stereocenters. The van der Waals surface area contributed by atoms with Crippen LogP contribution in [0.1, 0.15) is 16.8 Å². The highest BCUT2D eigenvalue weighted by Crippen LogP contribution is 2.39.